The van der Waals surface area contributed by atoms with Gasteiger partial charge in [0.05, 0.1) is 22.2 Å². The monoisotopic (exact) mass is 728 g/mol. The zero-order valence-electron chi connectivity index (χ0n) is 31.2. The summed E-state index contributed by atoms with van der Waals surface area (Å²) in [6, 6.07) is 66.1. The average Bonchev–Trinajstić information content (AvgIpc) is 3.94. The molecule has 0 saturated carbocycles. The Morgan fingerprint density at radius 1 is 0.404 bits per heavy atom. The molecule has 57 heavy (non-hydrogen) atoms. The van der Waals surface area contributed by atoms with Crippen molar-refractivity contribution in [2.24, 2.45) is 0 Å². The smallest absolute Gasteiger partial charge is 0.159 e. The van der Waals surface area contributed by atoms with E-state index in [-0.39, 0.29) is 0 Å². The molecule has 3 nitrogen and oxygen atoms in total. The number of hydrogen-bond acceptors (Lipinski definition) is 1. The van der Waals surface area contributed by atoms with Gasteiger partial charge in [-0.2, -0.15) is 0 Å². The van der Waals surface area contributed by atoms with Crippen LogP contribution in [0, 0.1) is 0 Å². The molecular formula is C54H36N2O. The molecule has 0 spiro atoms. The second-order valence-corrected chi connectivity index (χ2v) is 15.2. The fourth-order valence-corrected chi connectivity index (χ4v) is 9.31. The van der Waals surface area contributed by atoms with Crippen LogP contribution in [-0.4, -0.2) is 9.13 Å². The first-order chi connectivity index (χ1) is 28.3. The van der Waals surface area contributed by atoms with Crippen LogP contribution in [0.15, 0.2) is 192 Å². The van der Waals surface area contributed by atoms with E-state index in [0.29, 0.717) is 0 Å². The van der Waals surface area contributed by atoms with Gasteiger partial charge in [0.2, 0.25) is 0 Å². The molecule has 11 aromatic rings. The van der Waals surface area contributed by atoms with Crippen molar-refractivity contribution in [3.63, 3.8) is 0 Å². The predicted molar refractivity (Wildman–Crippen MR) is 239 cm³/mol. The number of hydrogen-bond donors (Lipinski definition) is 0. The van der Waals surface area contributed by atoms with Gasteiger partial charge in [-0.25, -0.2) is 0 Å². The fraction of sp³-hybridized carbons (Fsp3) is 0.0370. The van der Waals surface area contributed by atoms with Gasteiger partial charge in [-0.3, -0.25) is 0 Å². The van der Waals surface area contributed by atoms with Gasteiger partial charge >= 0.3 is 0 Å². The highest BCUT2D eigenvalue weighted by molar-refractivity contribution is 6.14. The van der Waals surface area contributed by atoms with Crippen LogP contribution in [0.5, 0.6) is 0 Å². The largest absolute Gasteiger partial charge is 0.454 e. The minimum atomic E-state index is 0.889. The zero-order chi connectivity index (χ0) is 37.5. The molecule has 0 N–H and O–H groups in total. The molecule has 3 heteroatoms. The van der Waals surface area contributed by atoms with Crippen LogP contribution in [0.2, 0.25) is 0 Å². The Bertz CT molecular complexity index is 3380. The predicted octanol–water partition coefficient (Wildman–Crippen LogP) is 14.6. The highest BCUT2D eigenvalue weighted by Gasteiger charge is 2.22. The standard InChI is InChI=1S/C54H36N2O/c1-3-13-35(14-4-1)37-23-27-41(28-24-37)55-48-20-10-7-17-42(48)44-29-25-38(32-50(44)55)39-26-30-45-43-18-8-11-21-49(43)56(51(45)33-39)52-34-40(36-15-5-2-6-16-36)31-47-46-19-9-12-22-53(46)57-54(47)52/h1-9,11-19,21-34H,10,20H2. The summed E-state index contributed by atoms with van der Waals surface area (Å²) in [4.78, 5) is 0. The number of allylic oxidation sites excluding steroid dienone is 1. The third-order valence-electron chi connectivity index (χ3n) is 12.0. The Kier molecular flexibility index (Phi) is 7.05. The molecular weight excluding hydrogens is 693 g/mol. The summed E-state index contributed by atoms with van der Waals surface area (Å²) in [7, 11) is 0. The number of aromatic nitrogens is 2. The molecule has 3 aromatic heterocycles. The number of fused-ring (bicyclic) bond motifs is 9. The van der Waals surface area contributed by atoms with E-state index in [1.807, 2.05) is 0 Å². The Balaban J connectivity index is 1.08. The second kappa shape index (κ2) is 12.6. The molecule has 0 radical (unpaired) electrons. The Morgan fingerprint density at radius 3 is 1.77 bits per heavy atom. The zero-order valence-corrected chi connectivity index (χ0v) is 31.2. The maximum absolute atomic E-state index is 6.76. The van der Waals surface area contributed by atoms with E-state index in [0.717, 1.165) is 57.1 Å². The van der Waals surface area contributed by atoms with E-state index in [1.54, 1.807) is 0 Å². The summed E-state index contributed by atoms with van der Waals surface area (Å²) >= 11 is 0. The fourth-order valence-electron chi connectivity index (χ4n) is 9.31. The van der Waals surface area contributed by atoms with Gasteiger partial charge < -0.3 is 13.6 Å². The van der Waals surface area contributed by atoms with Gasteiger partial charge in [0, 0.05) is 43.9 Å². The SMILES string of the molecule is C1=Cc2c(n(-c3ccc(-c4ccccc4)cc3)c3cc(-c4ccc5c6ccccc6n(-c6cc(-c7ccccc7)cc7c6oc6ccccc67)c5c4)ccc23)CC1. The van der Waals surface area contributed by atoms with E-state index in [4.69, 9.17) is 4.42 Å². The molecule has 0 bridgehead atoms. The first-order valence-corrected chi connectivity index (χ1v) is 19.8. The Labute approximate surface area is 330 Å². The lowest BCUT2D eigenvalue weighted by Crippen LogP contribution is -2.03. The molecule has 8 aromatic carbocycles. The summed E-state index contributed by atoms with van der Waals surface area (Å²) in [6.07, 6.45) is 6.70. The van der Waals surface area contributed by atoms with Crippen molar-refractivity contribution < 1.29 is 4.42 Å². The summed E-state index contributed by atoms with van der Waals surface area (Å²) < 4.78 is 11.7. The molecule has 0 fully saturated rings. The molecule has 268 valence electrons. The van der Waals surface area contributed by atoms with Crippen LogP contribution >= 0.6 is 0 Å². The highest BCUT2D eigenvalue weighted by atomic mass is 16.3. The van der Waals surface area contributed by atoms with Crippen LogP contribution < -0.4 is 0 Å². The van der Waals surface area contributed by atoms with Crippen molar-refractivity contribution in [2.45, 2.75) is 12.8 Å². The van der Waals surface area contributed by atoms with E-state index in [2.05, 4.69) is 203 Å². The molecule has 3 heterocycles. The van der Waals surface area contributed by atoms with Crippen molar-refractivity contribution >= 4 is 60.7 Å². The molecule has 1 aliphatic carbocycles. The summed E-state index contributed by atoms with van der Waals surface area (Å²) in [5.41, 5.74) is 17.4. The number of rotatable bonds is 5. The minimum Gasteiger partial charge on any atom is -0.454 e. The third-order valence-corrected chi connectivity index (χ3v) is 12.0. The number of benzene rings is 8. The van der Waals surface area contributed by atoms with E-state index in [1.165, 1.54) is 66.4 Å². The Morgan fingerprint density at radius 2 is 1.00 bits per heavy atom. The van der Waals surface area contributed by atoms with Gasteiger partial charge in [-0.15, -0.1) is 0 Å². The van der Waals surface area contributed by atoms with Gasteiger partial charge in [-0.05, 0) is 94.8 Å². The topological polar surface area (TPSA) is 23.0 Å². The minimum absolute atomic E-state index is 0.889. The van der Waals surface area contributed by atoms with E-state index >= 15 is 0 Å². The molecule has 12 rings (SSSR count). The van der Waals surface area contributed by atoms with Crippen LogP contribution in [0.1, 0.15) is 17.7 Å². The highest BCUT2D eigenvalue weighted by Crippen LogP contribution is 2.42. The third kappa shape index (κ3) is 4.99. The number of para-hydroxylation sites is 2. The number of furan rings is 1. The molecule has 0 unspecified atom stereocenters. The maximum atomic E-state index is 6.76. The molecule has 0 amide bonds. The maximum Gasteiger partial charge on any atom is 0.159 e. The average molecular weight is 729 g/mol. The normalized spacial score (nSPS) is 12.7. The van der Waals surface area contributed by atoms with Gasteiger partial charge in [0.15, 0.2) is 5.58 Å². The summed E-state index contributed by atoms with van der Waals surface area (Å²) in [5, 5.41) is 5.96. The van der Waals surface area contributed by atoms with Crippen molar-refractivity contribution in [3.05, 3.63) is 199 Å². The van der Waals surface area contributed by atoms with Crippen LogP contribution in [-0.2, 0) is 6.42 Å². The molecule has 0 saturated heterocycles. The molecule has 0 atom stereocenters. The van der Waals surface area contributed by atoms with Gasteiger partial charge in [0.1, 0.15) is 5.58 Å². The second-order valence-electron chi connectivity index (χ2n) is 15.2. The molecule has 0 aliphatic heterocycles. The van der Waals surface area contributed by atoms with E-state index < -0.39 is 0 Å². The van der Waals surface area contributed by atoms with Crippen LogP contribution in [0.3, 0.4) is 0 Å². The van der Waals surface area contributed by atoms with E-state index in [9.17, 15) is 0 Å². The first kappa shape index (κ1) is 31.9. The van der Waals surface area contributed by atoms with Gasteiger partial charge in [0.25, 0.3) is 0 Å². The van der Waals surface area contributed by atoms with Crippen LogP contribution in [0.25, 0.3) is 105 Å². The van der Waals surface area contributed by atoms with Crippen molar-refractivity contribution in [1.82, 2.24) is 9.13 Å². The van der Waals surface area contributed by atoms with Gasteiger partial charge in [-0.1, -0.05) is 146 Å². The molecule has 1 aliphatic rings. The summed E-state index contributed by atoms with van der Waals surface area (Å²) in [6.45, 7) is 0. The lowest BCUT2D eigenvalue weighted by atomic mass is 9.99. The van der Waals surface area contributed by atoms with Crippen LogP contribution in [0.4, 0.5) is 0 Å². The van der Waals surface area contributed by atoms with Crippen molar-refractivity contribution in [1.29, 1.82) is 0 Å². The first-order valence-electron chi connectivity index (χ1n) is 19.8. The quantitative estimate of drug-likeness (QED) is 0.173. The summed E-state index contributed by atoms with van der Waals surface area (Å²) in [5.74, 6) is 0. The lowest BCUT2D eigenvalue weighted by molar-refractivity contribution is 0.666. The van der Waals surface area contributed by atoms with Crippen molar-refractivity contribution in [2.75, 3.05) is 0 Å². The lowest BCUT2D eigenvalue weighted by Gasteiger charge is -2.14. The van der Waals surface area contributed by atoms with Crippen molar-refractivity contribution in [3.8, 4) is 44.8 Å². The Hall–Kier alpha value is -7.36. The number of nitrogens with zero attached hydrogens (tertiary/aromatic N) is 2.